The topological polar surface area (TPSA) is 0 Å². The molecule has 4 rings (SSSR count). The van der Waals surface area contributed by atoms with Crippen LogP contribution in [0.4, 0.5) is 0 Å². The van der Waals surface area contributed by atoms with Gasteiger partial charge in [-0.1, -0.05) is 108 Å². The normalized spacial score (nSPS) is 20.7. The first kappa shape index (κ1) is 21.2. The summed E-state index contributed by atoms with van der Waals surface area (Å²) in [5.41, 5.74) is 12.9. The van der Waals surface area contributed by atoms with E-state index in [-0.39, 0.29) is 0 Å². The second kappa shape index (κ2) is 8.44. The van der Waals surface area contributed by atoms with Crippen LogP contribution in [0.2, 0.25) is 0 Å². The minimum atomic E-state index is 0.719. The number of allylic oxidation sites excluding steroid dienone is 12. The molecule has 0 heteroatoms. The Morgan fingerprint density at radius 2 is 0.786 bits per heavy atom. The van der Waals surface area contributed by atoms with E-state index in [1.165, 1.54) is 31.3 Å². The Bertz CT molecular complexity index is 744. The standard InChI is InChI=1S/2C14H20/c2*1-9(2)11-5-13-7-12(10(3)4)8-14(13)6-11/h5,8-10H,6-7H2,1-4H3;5,7,9-10H,6,8H2,1-4H3. The van der Waals surface area contributed by atoms with Crippen molar-refractivity contribution in [2.75, 3.05) is 0 Å². The maximum Gasteiger partial charge on any atom is -0.00585 e. The average Bonchev–Trinajstić information content (AvgIpc) is 3.32. The molecule has 0 aromatic rings. The van der Waals surface area contributed by atoms with Crippen LogP contribution in [0.25, 0.3) is 0 Å². The fourth-order valence-electron chi connectivity index (χ4n) is 4.49. The van der Waals surface area contributed by atoms with Crippen LogP contribution in [0.5, 0.6) is 0 Å². The quantitative estimate of drug-likeness (QED) is 0.461. The van der Waals surface area contributed by atoms with Crippen molar-refractivity contribution in [2.45, 2.75) is 81.1 Å². The molecular weight excluding hydrogens is 336 g/mol. The van der Waals surface area contributed by atoms with E-state index in [0.29, 0.717) is 0 Å². The summed E-state index contributed by atoms with van der Waals surface area (Å²) in [7, 11) is 0. The van der Waals surface area contributed by atoms with E-state index in [0.717, 1.165) is 23.7 Å². The highest BCUT2D eigenvalue weighted by Gasteiger charge is 2.24. The van der Waals surface area contributed by atoms with Gasteiger partial charge in [-0.15, -0.1) is 0 Å². The van der Waals surface area contributed by atoms with Crippen molar-refractivity contribution in [3.05, 3.63) is 68.9 Å². The molecule has 4 aliphatic rings. The average molecular weight is 377 g/mol. The summed E-state index contributed by atoms with van der Waals surface area (Å²) < 4.78 is 0. The molecule has 0 radical (unpaired) electrons. The van der Waals surface area contributed by atoms with Gasteiger partial charge in [-0.05, 0) is 66.1 Å². The molecule has 0 saturated heterocycles. The molecule has 0 aromatic heterocycles. The lowest BCUT2D eigenvalue weighted by molar-refractivity contribution is 0.719. The Morgan fingerprint density at radius 1 is 0.464 bits per heavy atom. The van der Waals surface area contributed by atoms with Crippen LogP contribution in [-0.4, -0.2) is 0 Å². The minimum Gasteiger partial charge on any atom is -0.0630 e. The summed E-state index contributed by atoms with van der Waals surface area (Å²) in [5.74, 6) is 2.88. The highest BCUT2D eigenvalue weighted by atomic mass is 14.3. The van der Waals surface area contributed by atoms with E-state index in [1.54, 1.807) is 39.0 Å². The molecule has 0 saturated carbocycles. The molecule has 0 nitrogen and oxygen atoms in total. The highest BCUT2D eigenvalue weighted by molar-refractivity contribution is 5.54. The van der Waals surface area contributed by atoms with Gasteiger partial charge in [-0.25, -0.2) is 0 Å². The molecule has 0 aromatic carbocycles. The van der Waals surface area contributed by atoms with Crippen LogP contribution in [0, 0.1) is 23.7 Å². The minimum absolute atomic E-state index is 0.719. The molecule has 0 heterocycles. The van der Waals surface area contributed by atoms with Gasteiger partial charge in [0.2, 0.25) is 0 Å². The maximum atomic E-state index is 2.44. The van der Waals surface area contributed by atoms with Gasteiger partial charge >= 0.3 is 0 Å². The van der Waals surface area contributed by atoms with Gasteiger partial charge in [0.05, 0.1) is 0 Å². The fourth-order valence-corrected chi connectivity index (χ4v) is 4.49. The Hall–Kier alpha value is -1.56. The van der Waals surface area contributed by atoms with Crippen molar-refractivity contribution >= 4 is 0 Å². The summed E-state index contributed by atoms with van der Waals surface area (Å²) in [5, 5.41) is 0. The Balaban J connectivity index is 0.000000161. The zero-order valence-corrected chi connectivity index (χ0v) is 19.4. The van der Waals surface area contributed by atoms with E-state index in [2.05, 4.69) is 79.7 Å². The summed E-state index contributed by atoms with van der Waals surface area (Å²) in [6.07, 6.45) is 14.6. The first-order valence-corrected chi connectivity index (χ1v) is 11.4. The van der Waals surface area contributed by atoms with E-state index < -0.39 is 0 Å². The summed E-state index contributed by atoms with van der Waals surface area (Å²) in [6, 6.07) is 0. The third-order valence-electron chi connectivity index (χ3n) is 6.81. The fraction of sp³-hybridized carbons (Fsp3) is 0.571. The molecule has 28 heavy (non-hydrogen) atoms. The maximum absolute atomic E-state index is 2.44. The SMILES string of the molecule is CC(C)C1=CC2=C(C1)CC(C(C)C)=C2.CC(C)C1=CC2=C(C=C(C(C)C)C2)C1. The van der Waals surface area contributed by atoms with Gasteiger partial charge < -0.3 is 0 Å². The van der Waals surface area contributed by atoms with Crippen LogP contribution < -0.4 is 0 Å². The Labute approximate surface area is 173 Å². The molecule has 0 atom stereocenters. The first-order chi connectivity index (χ1) is 13.2. The van der Waals surface area contributed by atoms with Gasteiger partial charge in [0.25, 0.3) is 0 Å². The largest absolute Gasteiger partial charge is 0.0630 e. The third kappa shape index (κ3) is 4.53. The molecule has 0 aliphatic heterocycles. The van der Waals surface area contributed by atoms with Gasteiger partial charge in [0.15, 0.2) is 0 Å². The molecule has 152 valence electrons. The highest BCUT2D eigenvalue weighted by Crippen LogP contribution is 2.41. The van der Waals surface area contributed by atoms with Crippen LogP contribution in [0.1, 0.15) is 81.1 Å². The molecule has 4 aliphatic carbocycles. The molecule has 0 amide bonds. The molecule has 0 bridgehead atoms. The van der Waals surface area contributed by atoms with Crippen LogP contribution in [0.15, 0.2) is 68.9 Å². The molecular formula is C28H40. The lowest BCUT2D eigenvalue weighted by atomic mass is 9.95. The summed E-state index contributed by atoms with van der Waals surface area (Å²) in [4.78, 5) is 0. The molecule has 0 N–H and O–H groups in total. The third-order valence-corrected chi connectivity index (χ3v) is 6.81. The van der Waals surface area contributed by atoms with E-state index in [4.69, 9.17) is 0 Å². The smallest absolute Gasteiger partial charge is 0.00585 e. The van der Waals surface area contributed by atoms with Crippen LogP contribution in [0.3, 0.4) is 0 Å². The van der Waals surface area contributed by atoms with Gasteiger partial charge in [0, 0.05) is 0 Å². The molecule has 0 fully saturated rings. The van der Waals surface area contributed by atoms with E-state index in [1.807, 2.05) is 0 Å². The predicted molar refractivity (Wildman–Crippen MR) is 124 cm³/mol. The van der Waals surface area contributed by atoms with Crippen molar-refractivity contribution in [2.24, 2.45) is 23.7 Å². The van der Waals surface area contributed by atoms with E-state index in [9.17, 15) is 0 Å². The summed E-state index contributed by atoms with van der Waals surface area (Å²) in [6.45, 7) is 18.3. The number of rotatable bonds is 4. The van der Waals surface area contributed by atoms with Crippen molar-refractivity contribution in [1.82, 2.24) is 0 Å². The van der Waals surface area contributed by atoms with Crippen molar-refractivity contribution in [3.8, 4) is 0 Å². The lowest BCUT2D eigenvalue weighted by Gasteiger charge is -2.11. The van der Waals surface area contributed by atoms with Gasteiger partial charge in [-0.2, -0.15) is 0 Å². The Kier molecular flexibility index (Phi) is 6.37. The number of hydrogen-bond donors (Lipinski definition) is 0. The second-order valence-electron chi connectivity index (χ2n) is 10.3. The zero-order valence-electron chi connectivity index (χ0n) is 19.4. The van der Waals surface area contributed by atoms with Crippen molar-refractivity contribution < 1.29 is 0 Å². The summed E-state index contributed by atoms with van der Waals surface area (Å²) >= 11 is 0. The molecule has 0 unspecified atom stereocenters. The van der Waals surface area contributed by atoms with Gasteiger partial charge in [-0.3, -0.25) is 0 Å². The van der Waals surface area contributed by atoms with Crippen LogP contribution >= 0.6 is 0 Å². The molecule has 0 spiro atoms. The number of hydrogen-bond acceptors (Lipinski definition) is 0. The second-order valence-corrected chi connectivity index (χ2v) is 10.3. The van der Waals surface area contributed by atoms with Crippen LogP contribution in [-0.2, 0) is 0 Å². The van der Waals surface area contributed by atoms with E-state index >= 15 is 0 Å². The predicted octanol–water partition coefficient (Wildman–Crippen LogP) is 8.51. The zero-order chi connectivity index (χ0) is 20.6. The lowest BCUT2D eigenvalue weighted by Crippen LogP contribution is -1.95. The van der Waals surface area contributed by atoms with Crippen molar-refractivity contribution in [1.29, 1.82) is 0 Å². The monoisotopic (exact) mass is 376 g/mol. The Morgan fingerprint density at radius 3 is 1.07 bits per heavy atom. The first-order valence-electron chi connectivity index (χ1n) is 11.4. The van der Waals surface area contributed by atoms with Gasteiger partial charge in [0.1, 0.15) is 0 Å². The van der Waals surface area contributed by atoms with Crippen molar-refractivity contribution in [3.63, 3.8) is 0 Å².